The van der Waals surface area contributed by atoms with Gasteiger partial charge in [0, 0.05) is 13.5 Å². The molecule has 0 spiro atoms. The smallest absolute Gasteiger partial charge is 0.245 e. The SMILES string of the molecule is [CH2]CCCCC(=O)N(C)OC. The van der Waals surface area contributed by atoms with Crippen LogP contribution in [0.5, 0.6) is 0 Å². The minimum absolute atomic E-state index is 0.0287. The third-order valence-electron chi connectivity index (χ3n) is 1.52. The lowest BCUT2D eigenvalue weighted by atomic mass is 10.2. The molecule has 0 saturated heterocycles. The quantitative estimate of drug-likeness (QED) is 0.447. The lowest BCUT2D eigenvalue weighted by Gasteiger charge is -2.12. The number of rotatable bonds is 5. The summed E-state index contributed by atoms with van der Waals surface area (Å²) < 4.78 is 0. The van der Waals surface area contributed by atoms with Crippen molar-refractivity contribution in [1.82, 2.24) is 5.06 Å². The van der Waals surface area contributed by atoms with Gasteiger partial charge >= 0.3 is 0 Å². The highest BCUT2D eigenvalue weighted by molar-refractivity contribution is 5.74. The first-order valence-corrected chi connectivity index (χ1v) is 3.82. The number of hydroxylamine groups is 2. The van der Waals surface area contributed by atoms with Gasteiger partial charge in [0.2, 0.25) is 5.91 Å². The van der Waals surface area contributed by atoms with E-state index in [1.807, 2.05) is 0 Å². The van der Waals surface area contributed by atoms with Crippen molar-refractivity contribution < 1.29 is 9.63 Å². The molecule has 0 rings (SSSR count). The van der Waals surface area contributed by atoms with Gasteiger partial charge in [0.05, 0.1) is 7.11 Å². The van der Waals surface area contributed by atoms with Crippen LogP contribution >= 0.6 is 0 Å². The summed E-state index contributed by atoms with van der Waals surface area (Å²) in [7, 11) is 3.10. The molecule has 0 fully saturated rings. The van der Waals surface area contributed by atoms with Crippen molar-refractivity contribution in [2.75, 3.05) is 14.2 Å². The fourth-order valence-electron chi connectivity index (χ4n) is 0.712. The van der Waals surface area contributed by atoms with Crippen LogP contribution in [-0.2, 0) is 9.63 Å². The molecule has 1 amide bonds. The van der Waals surface area contributed by atoms with Crippen LogP contribution in [0.1, 0.15) is 25.7 Å². The third kappa shape index (κ3) is 4.79. The normalized spacial score (nSPS) is 9.73. The molecule has 0 saturated carbocycles. The summed E-state index contributed by atoms with van der Waals surface area (Å²) in [6.45, 7) is 3.69. The number of hydrogen-bond acceptors (Lipinski definition) is 2. The maximum Gasteiger partial charge on any atom is 0.245 e. The summed E-state index contributed by atoms with van der Waals surface area (Å²) in [6, 6.07) is 0. The standard InChI is InChI=1S/C8H16NO2/c1-4-5-6-7-8(10)9(2)11-3/h1,4-7H2,2-3H3. The fraction of sp³-hybridized carbons (Fsp3) is 0.750. The van der Waals surface area contributed by atoms with Gasteiger partial charge in [-0.05, 0) is 6.42 Å². The summed E-state index contributed by atoms with van der Waals surface area (Å²) in [5, 5.41) is 1.25. The van der Waals surface area contributed by atoms with E-state index in [2.05, 4.69) is 6.92 Å². The molecule has 0 atom stereocenters. The third-order valence-corrected chi connectivity index (χ3v) is 1.52. The number of nitrogens with zero attached hydrogens (tertiary/aromatic N) is 1. The Morgan fingerprint density at radius 1 is 1.55 bits per heavy atom. The van der Waals surface area contributed by atoms with Crippen molar-refractivity contribution in [1.29, 1.82) is 0 Å². The molecular formula is C8H16NO2. The van der Waals surface area contributed by atoms with E-state index in [9.17, 15) is 4.79 Å². The Hall–Kier alpha value is -0.570. The van der Waals surface area contributed by atoms with E-state index in [1.165, 1.54) is 12.2 Å². The van der Waals surface area contributed by atoms with E-state index in [-0.39, 0.29) is 5.91 Å². The second-order valence-electron chi connectivity index (χ2n) is 2.38. The van der Waals surface area contributed by atoms with Gasteiger partial charge in [-0.1, -0.05) is 19.8 Å². The maximum absolute atomic E-state index is 11.0. The predicted octanol–water partition coefficient (Wildman–Crippen LogP) is 1.40. The van der Waals surface area contributed by atoms with Crippen molar-refractivity contribution in [3.63, 3.8) is 0 Å². The van der Waals surface area contributed by atoms with Crippen LogP contribution in [0.3, 0.4) is 0 Å². The van der Waals surface area contributed by atoms with Crippen LogP contribution < -0.4 is 0 Å². The van der Waals surface area contributed by atoms with Crippen LogP contribution in [0.25, 0.3) is 0 Å². The summed E-state index contributed by atoms with van der Waals surface area (Å²) in [6.07, 6.45) is 3.35. The van der Waals surface area contributed by atoms with Crippen molar-refractivity contribution in [3.8, 4) is 0 Å². The Bertz CT molecular complexity index is 115. The van der Waals surface area contributed by atoms with Crippen LogP contribution in [0.4, 0.5) is 0 Å². The lowest BCUT2D eigenvalue weighted by molar-refractivity contribution is -0.168. The molecule has 0 aliphatic rings. The van der Waals surface area contributed by atoms with E-state index >= 15 is 0 Å². The molecule has 0 aromatic rings. The van der Waals surface area contributed by atoms with Gasteiger partial charge in [0.15, 0.2) is 0 Å². The van der Waals surface area contributed by atoms with Crippen LogP contribution in [-0.4, -0.2) is 25.1 Å². The van der Waals surface area contributed by atoms with Gasteiger partial charge < -0.3 is 0 Å². The second-order valence-corrected chi connectivity index (χ2v) is 2.38. The maximum atomic E-state index is 11.0. The van der Waals surface area contributed by atoms with Crippen LogP contribution in [0.15, 0.2) is 0 Å². The molecule has 0 aliphatic heterocycles. The molecule has 11 heavy (non-hydrogen) atoms. The summed E-state index contributed by atoms with van der Waals surface area (Å²) >= 11 is 0. The molecule has 1 radical (unpaired) electrons. The van der Waals surface area contributed by atoms with Crippen LogP contribution in [0.2, 0.25) is 0 Å². The van der Waals surface area contributed by atoms with Gasteiger partial charge in [-0.2, -0.15) is 0 Å². The van der Waals surface area contributed by atoms with Crippen molar-refractivity contribution >= 4 is 5.91 Å². The summed E-state index contributed by atoms with van der Waals surface area (Å²) in [5.74, 6) is 0.0287. The zero-order chi connectivity index (χ0) is 8.69. The highest BCUT2D eigenvalue weighted by atomic mass is 16.7. The molecule has 0 bridgehead atoms. The number of hydrogen-bond donors (Lipinski definition) is 0. The fourth-order valence-corrected chi connectivity index (χ4v) is 0.712. The minimum Gasteiger partial charge on any atom is -0.275 e. The van der Waals surface area contributed by atoms with Crippen molar-refractivity contribution in [2.24, 2.45) is 0 Å². The van der Waals surface area contributed by atoms with Gasteiger partial charge in [-0.15, -0.1) is 0 Å². The second kappa shape index (κ2) is 6.16. The molecule has 65 valence electrons. The monoisotopic (exact) mass is 158 g/mol. The highest BCUT2D eigenvalue weighted by Crippen LogP contribution is 2.01. The van der Waals surface area contributed by atoms with Crippen LogP contribution in [0, 0.1) is 6.92 Å². The zero-order valence-corrected chi connectivity index (χ0v) is 7.30. The molecule has 0 N–H and O–H groups in total. The van der Waals surface area contributed by atoms with Gasteiger partial charge in [0.25, 0.3) is 0 Å². The average molecular weight is 158 g/mol. The van der Waals surface area contributed by atoms with E-state index in [0.29, 0.717) is 6.42 Å². The van der Waals surface area contributed by atoms with E-state index < -0.39 is 0 Å². The van der Waals surface area contributed by atoms with Gasteiger partial charge in [-0.25, -0.2) is 5.06 Å². The van der Waals surface area contributed by atoms with E-state index in [0.717, 1.165) is 19.3 Å². The zero-order valence-electron chi connectivity index (χ0n) is 7.30. The number of amides is 1. The summed E-state index contributed by atoms with van der Waals surface area (Å²) in [5.41, 5.74) is 0. The number of unbranched alkanes of at least 4 members (excludes halogenated alkanes) is 2. The first-order chi connectivity index (χ1) is 5.22. The summed E-state index contributed by atoms with van der Waals surface area (Å²) in [4.78, 5) is 15.7. The molecule has 3 nitrogen and oxygen atoms in total. The lowest BCUT2D eigenvalue weighted by Crippen LogP contribution is -2.24. The van der Waals surface area contributed by atoms with Crippen molar-refractivity contribution in [3.05, 3.63) is 6.92 Å². The average Bonchev–Trinajstić information content (AvgIpc) is 2.03. The first kappa shape index (κ1) is 10.4. The van der Waals surface area contributed by atoms with Gasteiger partial charge in [0.1, 0.15) is 0 Å². The molecule has 0 aliphatic carbocycles. The first-order valence-electron chi connectivity index (χ1n) is 3.82. The van der Waals surface area contributed by atoms with Gasteiger partial charge in [-0.3, -0.25) is 9.63 Å². The largest absolute Gasteiger partial charge is 0.275 e. The Kier molecular flexibility index (Phi) is 5.84. The topological polar surface area (TPSA) is 29.5 Å². The van der Waals surface area contributed by atoms with Crippen molar-refractivity contribution in [2.45, 2.75) is 25.7 Å². The molecule has 3 heteroatoms. The highest BCUT2D eigenvalue weighted by Gasteiger charge is 2.05. The number of carbonyl (C=O) groups is 1. The Balaban J connectivity index is 3.36. The molecule has 0 heterocycles. The molecule has 0 unspecified atom stereocenters. The number of carbonyl (C=O) groups excluding carboxylic acids is 1. The molecule has 0 aromatic heterocycles. The minimum atomic E-state index is 0.0287. The predicted molar refractivity (Wildman–Crippen MR) is 43.6 cm³/mol. The Labute approximate surface area is 68.3 Å². The molecule has 0 aromatic carbocycles. The molecular weight excluding hydrogens is 142 g/mol. The Morgan fingerprint density at radius 3 is 2.64 bits per heavy atom. The Morgan fingerprint density at radius 2 is 2.18 bits per heavy atom. The van der Waals surface area contributed by atoms with E-state index in [1.54, 1.807) is 7.05 Å². The van der Waals surface area contributed by atoms with E-state index in [4.69, 9.17) is 4.84 Å².